The molecule has 2 aromatic heterocycles. The van der Waals surface area contributed by atoms with Gasteiger partial charge in [0.25, 0.3) is 0 Å². The Kier molecular flexibility index (Phi) is 5.36. The van der Waals surface area contributed by atoms with E-state index >= 15 is 0 Å². The van der Waals surface area contributed by atoms with E-state index in [-0.39, 0.29) is 0 Å². The lowest BCUT2D eigenvalue weighted by Gasteiger charge is -2.00. The Morgan fingerprint density at radius 2 is 2.21 bits per heavy atom. The highest BCUT2D eigenvalue weighted by atomic mass is 35.5. The number of unbranched alkanes of at least 4 members (excludes halogenated alkanes) is 1. The predicted molar refractivity (Wildman–Crippen MR) is 79.6 cm³/mol. The molecule has 4 nitrogen and oxygen atoms in total. The van der Waals surface area contributed by atoms with Crippen LogP contribution in [0.4, 0.5) is 0 Å². The number of H-pyrrole nitrogens is 1. The van der Waals surface area contributed by atoms with Crippen LogP contribution in [0.3, 0.4) is 0 Å². The van der Waals surface area contributed by atoms with Crippen LogP contribution in [0, 0.1) is 6.92 Å². The molecule has 0 aliphatic rings. The number of rotatable bonds is 7. The molecule has 2 heterocycles. The lowest BCUT2D eigenvalue weighted by atomic mass is 10.2. The van der Waals surface area contributed by atoms with Gasteiger partial charge in [0.15, 0.2) is 5.15 Å². The lowest BCUT2D eigenvalue weighted by Crippen LogP contribution is -2.13. The molecule has 2 aromatic rings. The zero-order chi connectivity index (χ0) is 13.7. The molecule has 2 rings (SSSR count). The van der Waals surface area contributed by atoms with Gasteiger partial charge in [0.2, 0.25) is 0 Å². The van der Waals surface area contributed by atoms with E-state index in [0.29, 0.717) is 11.7 Å². The van der Waals surface area contributed by atoms with Crippen molar-refractivity contribution < 1.29 is 0 Å². The van der Waals surface area contributed by atoms with E-state index in [2.05, 4.69) is 32.6 Å². The number of imidazole rings is 1. The number of thiazole rings is 1. The van der Waals surface area contributed by atoms with Crippen LogP contribution in [-0.2, 0) is 19.5 Å². The van der Waals surface area contributed by atoms with Gasteiger partial charge in [-0.1, -0.05) is 24.9 Å². The summed E-state index contributed by atoms with van der Waals surface area (Å²) < 4.78 is 0. The number of hydrogen-bond donors (Lipinski definition) is 2. The number of hydrogen-bond acceptors (Lipinski definition) is 4. The molecule has 0 saturated carbocycles. The quantitative estimate of drug-likeness (QED) is 0.823. The number of aromatic nitrogens is 3. The third kappa shape index (κ3) is 4.30. The number of nitrogens with one attached hydrogen (secondary N) is 2. The van der Waals surface area contributed by atoms with Gasteiger partial charge in [-0.25, -0.2) is 9.97 Å². The van der Waals surface area contributed by atoms with Crippen LogP contribution in [0.1, 0.15) is 42.0 Å². The minimum absolute atomic E-state index is 0.577. The fourth-order valence-electron chi connectivity index (χ4n) is 1.82. The Balaban J connectivity index is 1.83. The summed E-state index contributed by atoms with van der Waals surface area (Å²) in [6, 6.07) is 0. The van der Waals surface area contributed by atoms with E-state index in [0.717, 1.165) is 48.0 Å². The van der Waals surface area contributed by atoms with E-state index in [1.165, 1.54) is 0 Å². The summed E-state index contributed by atoms with van der Waals surface area (Å²) in [7, 11) is 0. The molecule has 0 bridgehead atoms. The van der Waals surface area contributed by atoms with Crippen LogP contribution in [0.5, 0.6) is 0 Å². The topological polar surface area (TPSA) is 53.6 Å². The van der Waals surface area contributed by atoms with Crippen molar-refractivity contribution >= 4 is 22.9 Å². The van der Waals surface area contributed by atoms with Gasteiger partial charge in [0, 0.05) is 24.9 Å². The van der Waals surface area contributed by atoms with Crippen molar-refractivity contribution in [2.24, 2.45) is 0 Å². The molecule has 0 saturated heterocycles. The minimum atomic E-state index is 0.577. The zero-order valence-electron chi connectivity index (χ0n) is 11.3. The molecule has 0 unspecified atom stereocenters. The van der Waals surface area contributed by atoms with Gasteiger partial charge in [-0.3, -0.25) is 0 Å². The predicted octanol–water partition coefficient (Wildman–Crippen LogP) is 3.46. The average molecular weight is 299 g/mol. The molecule has 104 valence electrons. The molecule has 0 aliphatic carbocycles. The SMILES string of the molecule is CCCCc1nc(Cl)c(CNCc2csc(C)n2)[nH]1. The van der Waals surface area contributed by atoms with Crippen LogP contribution in [0.25, 0.3) is 0 Å². The van der Waals surface area contributed by atoms with E-state index in [9.17, 15) is 0 Å². The molecule has 0 amide bonds. The molecular formula is C13H19ClN4S. The van der Waals surface area contributed by atoms with Crippen molar-refractivity contribution in [2.75, 3.05) is 0 Å². The molecule has 0 spiro atoms. The molecular weight excluding hydrogens is 280 g/mol. The number of aryl methyl sites for hydroxylation is 2. The maximum atomic E-state index is 6.11. The first-order valence-corrected chi connectivity index (χ1v) is 7.79. The van der Waals surface area contributed by atoms with Crippen molar-refractivity contribution in [3.8, 4) is 0 Å². The molecule has 0 aromatic carbocycles. The smallest absolute Gasteiger partial charge is 0.151 e. The van der Waals surface area contributed by atoms with Gasteiger partial charge < -0.3 is 10.3 Å². The van der Waals surface area contributed by atoms with Gasteiger partial charge in [-0.05, 0) is 13.3 Å². The normalized spacial score (nSPS) is 11.1. The number of aromatic amines is 1. The first kappa shape index (κ1) is 14.5. The zero-order valence-corrected chi connectivity index (χ0v) is 12.9. The van der Waals surface area contributed by atoms with E-state index in [4.69, 9.17) is 11.6 Å². The Hall–Kier alpha value is -0.910. The lowest BCUT2D eigenvalue weighted by molar-refractivity contribution is 0.668. The monoisotopic (exact) mass is 298 g/mol. The van der Waals surface area contributed by atoms with Crippen LogP contribution in [-0.4, -0.2) is 15.0 Å². The van der Waals surface area contributed by atoms with Gasteiger partial charge >= 0.3 is 0 Å². The van der Waals surface area contributed by atoms with Crippen LogP contribution in [0.15, 0.2) is 5.38 Å². The summed E-state index contributed by atoms with van der Waals surface area (Å²) in [6.07, 6.45) is 3.26. The molecule has 0 fully saturated rings. The minimum Gasteiger partial charge on any atom is -0.344 e. The first-order chi connectivity index (χ1) is 9.19. The van der Waals surface area contributed by atoms with E-state index < -0.39 is 0 Å². The highest BCUT2D eigenvalue weighted by Gasteiger charge is 2.07. The fraction of sp³-hybridized carbons (Fsp3) is 0.538. The molecule has 6 heteroatoms. The second kappa shape index (κ2) is 7.03. The number of halogens is 1. The summed E-state index contributed by atoms with van der Waals surface area (Å²) in [5, 5.41) is 7.08. The van der Waals surface area contributed by atoms with Crippen molar-refractivity contribution in [1.82, 2.24) is 20.3 Å². The third-order valence-corrected chi connectivity index (χ3v) is 3.95. The van der Waals surface area contributed by atoms with Crippen molar-refractivity contribution in [3.05, 3.63) is 32.8 Å². The second-order valence-corrected chi connectivity index (χ2v) is 5.94. The summed E-state index contributed by atoms with van der Waals surface area (Å²) in [5.74, 6) is 0.980. The third-order valence-electron chi connectivity index (χ3n) is 2.82. The summed E-state index contributed by atoms with van der Waals surface area (Å²) in [5.41, 5.74) is 2.03. The molecule has 0 aliphatic heterocycles. The summed E-state index contributed by atoms with van der Waals surface area (Å²) >= 11 is 7.78. The van der Waals surface area contributed by atoms with Crippen molar-refractivity contribution in [2.45, 2.75) is 46.2 Å². The van der Waals surface area contributed by atoms with Crippen molar-refractivity contribution in [1.29, 1.82) is 0 Å². The first-order valence-electron chi connectivity index (χ1n) is 6.54. The Morgan fingerprint density at radius 3 is 2.89 bits per heavy atom. The highest BCUT2D eigenvalue weighted by Crippen LogP contribution is 2.14. The maximum Gasteiger partial charge on any atom is 0.151 e. The summed E-state index contributed by atoms with van der Waals surface area (Å²) in [4.78, 5) is 12.0. The van der Waals surface area contributed by atoms with Crippen LogP contribution >= 0.6 is 22.9 Å². The average Bonchev–Trinajstić information content (AvgIpc) is 2.94. The fourth-order valence-corrected chi connectivity index (χ4v) is 2.65. The highest BCUT2D eigenvalue weighted by molar-refractivity contribution is 7.09. The summed E-state index contributed by atoms with van der Waals surface area (Å²) in [6.45, 7) is 5.63. The standard InChI is InChI=1S/C13H19ClN4S/c1-3-4-5-12-17-11(13(14)18-12)7-15-6-10-8-19-9(2)16-10/h8,15H,3-7H2,1-2H3,(H,17,18). The Morgan fingerprint density at radius 1 is 1.37 bits per heavy atom. The Labute approximate surface area is 122 Å². The maximum absolute atomic E-state index is 6.11. The molecule has 0 atom stereocenters. The van der Waals surface area contributed by atoms with E-state index in [1.54, 1.807) is 11.3 Å². The van der Waals surface area contributed by atoms with E-state index in [1.807, 2.05) is 6.92 Å². The Bertz CT molecular complexity index is 520. The molecule has 0 radical (unpaired) electrons. The van der Waals surface area contributed by atoms with Crippen molar-refractivity contribution in [3.63, 3.8) is 0 Å². The van der Waals surface area contributed by atoms with Gasteiger partial charge in [-0.15, -0.1) is 11.3 Å². The van der Waals surface area contributed by atoms with Gasteiger partial charge in [-0.2, -0.15) is 0 Å². The second-order valence-electron chi connectivity index (χ2n) is 4.52. The van der Waals surface area contributed by atoms with Gasteiger partial charge in [0.05, 0.1) is 16.4 Å². The van der Waals surface area contributed by atoms with Crippen LogP contribution in [0.2, 0.25) is 5.15 Å². The largest absolute Gasteiger partial charge is 0.344 e. The van der Waals surface area contributed by atoms with Gasteiger partial charge in [0.1, 0.15) is 5.82 Å². The molecule has 2 N–H and O–H groups in total. The number of nitrogens with zero attached hydrogens (tertiary/aromatic N) is 2. The van der Waals surface area contributed by atoms with Crippen LogP contribution < -0.4 is 5.32 Å². The molecule has 19 heavy (non-hydrogen) atoms.